The van der Waals surface area contributed by atoms with Gasteiger partial charge in [0.2, 0.25) is 0 Å². The predicted molar refractivity (Wildman–Crippen MR) is 78.4 cm³/mol. The molecule has 0 radical (unpaired) electrons. The molecule has 0 heterocycles. The van der Waals surface area contributed by atoms with Crippen molar-refractivity contribution in [3.8, 4) is 16.9 Å². The van der Waals surface area contributed by atoms with E-state index in [-0.39, 0.29) is 17.1 Å². The van der Waals surface area contributed by atoms with Crippen LogP contribution in [0.2, 0.25) is 0 Å². The maximum absolute atomic E-state index is 14.3. The minimum Gasteiger partial charge on any atom is -0.494 e. The fourth-order valence-electron chi connectivity index (χ4n) is 2.68. The molecule has 0 aliphatic heterocycles. The van der Waals surface area contributed by atoms with Crippen LogP contribution in [0.1, 0.15) is 18.4 Å². The number of benzene rings is 2. The van der Waals surface area contributed by atoms with Crippen molar-refractivity contribution >= 4 is 0 Å². The first-order valence-corrected chi connectivity index (χ1v) is 6.82. The first-order chi connectivity index (χ1) is 9.70. The smallest absolute Gasteiger partial charge is 0.172 e. The highest BCUT2D eigenvalue weighted by molar-refractivity contribution is 5.67. The van der Waals surface area contributed by atoms with Gasteiger partial charge in [-0.3, -0.25) is 0 Å². The molecule has 0 spiro atoms. The summed E-state index contributed by atoms with van der Waals surface area (Å²) in [4.78, 5) is 0. The Morgan fingerprint density at radius 3 is 2.55 bits per heavy atom. The zero-order valence-corrected chi connectivity index (χ0v) is 11.7. The molecule has 2 nitrogen and oxygen atoms in total. The maximum Gasteiger partial charge on any atom is 0.172 e. The standard InChI is InChI=1S/C17H18FNO/c1-19-17(9-10-17)13-6-3-5-12(11-13)14-7-4-8-15(20-2)16(14)18/h3-8,11,19H,9-10H2,1-2H3. The number of methoxy groups -OCH3 is 1. The summed E-state index contributed by atoms with van der Waals surface area (Å²) in [6, 6.07) is 13.3. The van der Waals surface area contributed by atoms with Crippen molar-refractivity contribution in [2.75, 3.05) is 14.2 Å². The van der Waals surface area contributed by atoms with Gasteiger partial charge in [0, 0.05) is 11.1 Å². The van der Waals surface area contributed by atoms with Gasteiger partial charge in [0.1, 0.15) is 0 Å². The largest absolute Gasteiger partial charge is 0.494 e. The van der Waals surface area contributed by atoms with Crippen molar-refractivity contribution in [2.45, 2.75) is 18.4 Å². The monoisotopic (exact) mass is 271 g/mol. The molecule has 1 fully saturated rings. The van der Waals surface area contributed by atoms with E-state index in [0.29, 0.717) is 5.56 Å². The van der Waals surface area contributed by atoms with Gasteiger partial charge in [-0.25, -0.2) is 4.39 Å². The first kappa shape index (κ1) is 13.1. The molecular formula is C17H18FNO. The molecule has 3 heteroatoms. The third-order valence-electron chi connectivity index (χ3n) is 4.14. The Hall–Kier alpha value is -1.87. The van der Waals surface area contributed by atoms with Crippen molar-refractivity contribution in [3.63, 3.8) is 0 Å². The SMILES string of the molecule is CNC1(c2cccc(-c3cccc(OC)c3F)c2)CC1. The number of hydrogen-bond donors (Lipinski definition) is 1. The lowest BCUT2D eigenvalue weighted by molar-refractivity contribution is 0.387. The van der Waals surface area contributed by atoms with Crippen LogP contribution in [0.25, 0.3) is 11.1 Å². The molecule has 1 aliphatic carbocycles. The van der Waals surface area contributed by atoms with Crippen LogP contribution in [-0.2, 0) is 5.54 Å². The van der Waals surface area contributed by atoms with E-state index in [2.05, 4.69) is 17.4 Å². The Labute approximate surface area is 118 Å². The lowest BCUT2D eigenvalue weighted by Gasteiger charge is -2.16. The molecular weight excluding hydrogens is 253 g/mol. The van der Waals surface area contributed by atoms with Crippen LogP contribution in [-0.4, -0.2) is 14.2 Å². The van der Waals surface area contributed by atoms with Crippen LogP contribution in [0, 0.1) is 5.82 Å². The summed E-state index contributed by atoms with van der Waals surface area (Å²) in [6.45, 7) is 0. The van der Waals surface area contributed by atoms with E-state index >= 15 is 0 Å². The molecule has 20 heavy (non-hydrogen) atoms. The van der Waals surface area contributed by atoms with E-state index in [1.807, 2.05) is 25.2 Å². The maximum atomic E-state index is 14.3. The van der Waals surface area contributed by atoms with Crippen molar-refractivity contribution in [1.29, 1.82) is 0 Å². The van der Waals surface area contributed by atoms with Crippen LogP contribution in [0.5, 0.6) is 5.75 Å². The van der Waals surface area contributed by atoms with E-state index in [1.54, 1.807) is 12.1 Å². The fourth-order valence-corrected chi connectivity index (χ4v) is 2.68. The molecule has 0 atom stereocenters. The lowest BCUT2D eigenvalue weighted by Crippen LogP contribution is -2.24. The summed E-state index contributed by atoms with van der Waals surface area (Å²) in [7, 11) is 3.46. The highest BCUT2D eigenvalue weighted by atomic mass is 19.1. The van der Waals surface area contributed by atoms with Gasteiger partial charge in [0.05, 0.1) is 7.11 Å². The minimum absolute atomic E-state index is 0.0886. The number of nitrogens with one attached hydrogen (secondary N) is 1. The summed E-state index contributed by atoms with van der Waals surface area (Å²) in [5, 5.41) is 3.37. The van der Waals surface area contributed by atoms with Gasteiger partial charge < -0.3 is 10.1 Å². The Morgan fingerprint density at radius 2 is 1.90 bits per heavy atom. The van der Waals surface area contributed by atoms with Crippen LogP contribution in [0.15, 0.2) is 42.5 Å². The Morgan fingerprint density at radius 1 is 1.15 bits per heavy atom. The van der Waals surface area contributed by atoms with E-state index in [9.17, 15) is 4.39 Å². The van der Waals surface area contributed by atoms with Crippen molar-refractivity contribution in [3.05, 3.63) is 53.8 Å². The Bertz CT molecular complexity index is 635. The zero-order valence-electron chi connectivity index (χ0n) is 11.7. The van der Waals surface area contributed by atoms with E-state index in [0.717, 1.165) is 18.4 Å². The van der Waals surface area contributed by atoms with Gasteiger partial charge in [-0.1, -0.05) is 30.3 Å². The zero-order chi connectivity index (χ0) is 14.2. The average Bonchev–Trinajstić information content (AvgIpc) is 3.29. The Kier molecular flexibility index (Phi) is 3.22. The second-order valence-corrected chi connectivity index (χ2v) is 5.23. The van der Waals surface area contributed by atoms with Crippen LogP contribution < -0.4 is 10.1 Å². The molecule has 1 saturated carbocycles. The molecule has 2 aromatic rings. The summed E-state index contributed by atoms with van der Waals surface area (Å²) in [5.41, 5.74) is 2.78. The molecule has 0 aromatic heterocycles. The van der Waals surface area contributed by atoms with Gasteiger partial charge in [0.25, 0.3) is 0 Å². The molecule has 0 amide bonds. The molecule has 2 aromatic carbocycles. The predicted octanol–water partition coefficient (Wildman–Crippen LogP) is 3.71. The fraction of sp³-hybridized carbons (Fsp3) is 0.294. The van der Waals surface area contributed by atoms with E-state index in [4.69, 9.17) is 4.74 Å². The molecule has 1 aliphatic rings. The highest BCUT2D eigenvalue weighted by Crippen LogP contribution is 2.46. The third kappa shape index (κ3) is 2.08. The highest BCUT2D eigenvalue weighted by Gasteiger charge is 2.42. The summed E-state index contributed by atoms with van der Waals surface area (Å²) in [5.74, 6) is -0.0240. The summed E-state index contributed by atoms with van der Waals surface area (Å²) >= 11 is 0. The van der Waals surface area contributed by atoms with Crippen LogP contribution in [0.4, 0.5) is 4.39 Å². The molecule has 1 N–H and O–H groups in total. The van der Waals surface area contributed by atoms with Gasteiger partial charge in [0.15, 0.2) is 11.6 Å². The van der Waals surface area contributed by atoms with Gasteiger partial charge in [-0.15, -0.1) is 0 Å². The quantitative estimate of drug-likeness (QED) is 0.915. The van der Waals surface area contributed by atoms with Crippen LogP contribution in [0.3, 0.4) is 0 Å². The first-order valence-electron chi connectivity index (χ1n) is 6.82. The molecule has 0 bridgehead atoms. The second-order valence-electron chi connectivity index (χ2n) is 5.23. The average molecular weight is 271 g/mol. The number of ether oxygens (including phenoxy) is 1. The van der Waals surface area contributed by atoms with Gasteiger partial charge in [-0.2, -0.15) is 0 Å². The van der Waals surface area contributed by atoms with Crippen LogP contribution >= 0.6 is 0 Å². The van der Waals surface area contributed by atoms with Crippen molar-refractivity contribution in [1.82, 2.24) is 5.32 Å². The normalized spacial score (nSPS) is 15.9. The van der Waals surface area contributed by atoms with E-state index in [1.165, 1.54) is 12.7 Å². The van der Waals surface area contributed by atoms with E-state index < -0.39 is 0 Å². The Balaban J connectivity index is 2.05. The second kappa shape index (κ2) is 4.91. The molecule has 3 rings (SSSR count). The number of rotatable bonds is 4. The molecule has 0 saturated heterocycles. The van der Waals surface area contributed by atoms with Crippen molar-refractivity contribution in [2.24, 2.45) is 0 Å². The number of halogens is 1. The third-order valence-corrected chi connectivity index (χ3v) is 4.14. The van der Waals surface area contributed by atoms with Gasteiger partial charge in [-0.05, 0) is 43.1 Å². The van der Waals surface area contributed by atoms with Gasteiger partial charge >= 0.3 is 0 Å². The summed E-state index contributed by atoms with van der Waals surface area (Å²) < 4.78 is 19.4. The topological polar surface area (TPSA) is 21.3 Å². The minimum atomic E-state index is -0.304. The summed E-state index contributed by atoms with van der Waals surface area (Å²) in [6.07, 6.45) is 2.26. The lowest BCUT2D eigenvalue weighted by atomic mass is 9.98. The molecule has 104 valence electrons. The van der Waals surface area contributed by atoms with Crippen molar-refractivity contribution < 1.29 is 9.13 Å². The number of hydrogen-bond acceptors (Lipinski definition) is 2. The molecule has 0 unspecified atom stereocenters.